The monoisotopic (exact) mass is 505 g/mol. The molecule has 4 N–H and O–H groups in total. The number of nitrogens with two attached hydrogens (primary N) is 1. The quantitative estimate of drug-likeness (QED) is 0.455. The number of alkyl halides is 2. The van der Waals surface area contributed by atoms with Gasteiger partial charge in [-0.2, -0.15) is 5.10 Å². The van der Waals surface area contributed by atoms with Gasteiger partial charge in [0.25, 0.3) is 11.8 Å². The topological polar surface area (TPSA) is 135 Å². The van der Waals surface area contributed by atoms with E-state index in [1.807, 2.05) is 0 Å². The summed E-state index contributed by atoms with van der Waals surface area (Å²) in [6.07, 6.45) is 3.96. The number of aromatic nitrogens is 5. The highest BCUT2D eigenvalue weighted by atomic mass is 32.2. The fourth-order valence-electron chi connectivity index (χ4n) is 4.36. The van der Waals surface area contributed by atoms with Crippen molar-refractivity contribution < 1.29 is 27.7 Å². The Balaban J connectivity index is 1.44. The van der Waals surface area contributed by atoms with Crippen LogP contribution in [0.4, 0.5) is 18.9 Å². The minimum absolute atomic E-state index is 0.00966. The molecular formula is C21H20F3N8O2S+. The average Bonchev–Trinajstić information content (AvgIpc) is 3.48. The second-order valence-electron chi connectivity index (χ2n) is 8.31. The third-order valence-corrected chi connectivity index (χ3v) is 6.92. The lowest BCUT2D eigenvalue weighted by Gasteiger charge is -2.34. The summed E-state index contributed by atoms with van der Waals surface area (Å²) in [6.45, 7) is 0.568. The number of halogens is 3. The minimum Gasteiger partial charge on any atom is -0.366 e. The van der Waals surface area contributed by atoms with Crippen LogP contribution in [0, 0.1) is 11.7 Å². The Bertz CT molecular complexity index is 1280. The van der Waals surface area contributed by atoms with Crippen LogP contribution in [0.3, 0.4) is 0 Å². The third kappa shape index (κ3) is 4.23. The molecule has 3 unspecified atom stereocenters. The molecule has 2 aromatic heterocycles. The molecule has 10 nitrogen and oxygen atoms in total. The van der Waals surface area contributed by atoms with E-state index in [-0.39, 0.29) is 34.5 Å². The van der Waals surface area contributed by atoms with Gasteiger partial charge in [-0.1, -0.05) is 0 Å². The zero-order valence-corrected chi connectivity index (χ0v) is 19.1. The number of rotatable bonds is 5. The maximum Gasteiger partial charge on any atom is 0.302 e. The van der Waals surface area contributed by atoms with Crippen molar-refractivity contribution in [2.24, 2.45) is 11.7 Å². The number of amidine groups is 1. The zero-order chi connectivity index (χ0) is 24.8. The van der Waals surface area contributed by atoms with E-state index in [2.05, 4.69) is 30.4 Å². The summed E-state index contributed by atoms with van der Waals surface area (Å²) in [5.41, 5.74) is 4.98. The molecule has 0 radical (unpaired) electrons. The second-order valence-corrected chi connectivity index (χ2v) is 9.38. The van der Waals surface area contributed by atoms with E-state index < -0.39 is 35.2 Å². The molecular weight excluding hydrogens is 485 g/mol. The smallest absolute Gasteiger partial charge is 0.302 e. The largest absolute Gasteiger partial charge is 0.366 e. The summed E-state index contributed by atoms with van der Waals surface area (Å²) in [5, 5.41) is 6.86. The van der Waals surface area contributed by atoms with Crippen molar-refractivity contribution in [3.05, 3.63) is 60.3 Å². The highest BCUT2D eigenvalue weighted by Gasteiger charge is 2.61. The summed E-state index contributed by atoms with van der Waals surface area (Å²) in [4.78, 5) is 27.8. The summed E-state index contributed by atoms with van der Waals surface area (Å²) in [5.74, 6) is -4.55. The maximum absolute atomic E-state index is 15.1. The molecule has 4 heterocycles. The first kappa shape index (κ1) is 23.2. The third-order valence-electron chi connectivity index (χ3n) is 5.98. The Hall–Kier alpha value is -3.52. The Morgan fingerprint density at radius 1 is 1.37 bits per heavy atom. The van der Waals surface area contributed by atoms with Gasteiger partial charge in [-0.25, -0.2) is 32.8 Å². The molecule has 5 rings (SSSR count). The van der Waals surface area contributed by atoms with Crippen LogP contribution in [0.25, 0.3) is 5.82 Å². The number of thioether (sulfide) groups is 1. The number of carbonyl (C=O) groups excluding carboxylic acids is 1. The summed E-state index contributed by atoms with van der Waals surface area (Å²) in [7, 11) is 0. The van der Waals surface area contributed by atoms with Crippen molar-refractivity contribution in [2.45, 2.75) is 24.5 Å². The summed E-state index contributed by atoms with van der Waals surface area (Å²) in [6, 6.07) is 3.92. The van der Waals surface area contributed by atoms with Crippen LogP contribution in [0.2, 0.25) is 0 Å². The van der Waals surface area contributed by atoms with E-state index in [1.54, 1.807) is 0 Å². The first-order valence-corrected chi connectivity index (χ1v) is 11.5. The molecule has 1 aromatic carbocycles. The number of carbonyl (C=O) groups is 1. The number of ether oxygens (including phenoxy) is 1. The normalized spacial score (nSPS) is 24.1. The van der Waals surface area contributed by atoms with Crippen LogP contribution in [0.5, 0.6) is 0 Å². The lowest BCUT2D eigenvalue weighted by molar-refractivity contribution is -0.570. The van der Waals surface area contributed by atoms with Gasteiger partial charge in [0.1, 0.15) is 30.3 Å². The van der Waals surface area contributed by atoms with Gasteiger partial charge in [0.2, 0.25) is 0 Å². The molecule has 2 aliphatic rings. The number of benzene rings is 1. The first-order chi connectivity index (χ1) is 16.7. The summed E-state index contributed by atoms with van der Waals surface area (Å²) < 4.78 is 50.5. The maximum atomic E-state index is 15.1. The van der Waals surface area contributed by atoms with Crippen molar-refractivity contribution in [2.75, 3.05) is 17.7 Å². The van der Waals surface area contributed by atoms with Gasteiger partial charge in [0.15, 0.2) is 11.4 Å². The molecule has 35 heavy (non-hydrogen) atoms. The molecule has 0 aliphatic carbocycles. The molecule has 0 spiro atoms. The van der Waals surface area contributed by atoms with Gasteiger partial charge < -0.3 is 10.1 Å². The van der Waals surface area contributed by atoms with E-state index in [9.17, 15) is 13.6 Å². The van der Waals surface area contributed by atoms with Gasteiger partial charge in [-0.3, -0.25) is 15.5 Å². The predicted octanol–water partition coefficient (Wildman–Crippen LogP) is 0.456. The molecule has 182 valence electrons. The van der Waals surface area contributed by atoms with Crippen LogP contribution in [0.1, 0.15) is 23.0 Å². The van der Waals surface area contributed by atoms with Gasteiger partial charge in [-0.05, 0) is 30.0 Å². The van der Waals surface area contributed by atoms with E-state index in [4.69, 9.17) is 10.5 Å². The standard InChI is InChI=1S/C21H19F3N8O2S/c1-20(23,24)17-13-7-35-19(25)31-21(13,8-34-17)12-4-11(2-3-14(12)22)30-18(33)15-5-28-16(6-27-15)32-10-26-9-29-32/h2-6,9-10,13,17H,7-8H2,1H3,(H2,25,31)(H,30,33)/p+1. The number of fused-ring (bicyclic) bond motifs is 1. The van der Waals surface area contributed by atoms with E-state index in [0.717, 1.165) is 13.0 Å². The summed E-state index contributed by atoms with van der Waals surface area (Å²) >= 11 is 1.18. The lowest BCUT2D eigenvalue weighted by Crippen LogP contribution is -2.91. The first-order valence-electron chi connectivity index (χ1n) is 10.5. The predicted molar refractivity (Wildman–Crippen MR) is 119 cm³/mol. The van der Waals surface area contributed by atoms with E-state index >= 15 is 4.39 Å². The number of anilines is 1. The number of hydrogen-bond acceptors (Lipinski definition) is 8. The molecule has 3 aromatic rings. The van der Waals surface area contributed by atoms with E-state index in [0.29, 0.717) is 5.82 Å². The van der Waals surface area contributed by atoms with E-state index in [1.165, 1.54) is 53.6 Å². The number of nitrogens with zero attached hydrogens (tertiary/aromatic N) is 5. The van der Waals surface area contributed by atoms with Crippen molar-refractivity contribution in [3.8, 4) is 5.82 Å². The number of nitrogens with one attached hydrogen (secondary N) is 2. The van der Waals surface area contributed by atoms with Gasteiger partial charge in [0.05, 0.1) is 24.9 Å². The highest BCUT2D eigenvalue weighted by molar-refractivity contribution is 8.13. The van der Waals surface area contributed by atoms with Crippen LogP contribution >= 0.6 is 11.8 Å². The van der Waals surface area contributed by atoms with Crippen molar-refractivity contribution >= 4 is 28.5 Å². The molecule has 1 saturated heterocycles. The number of amides is 1. The van der Waals surface area contributed by atoms with Crippen molar-refractivity contribution in [1.29, 1.82) is 0 Å². The molecule has 1 fully saturated rings. The zero-order valence-electron chi connectivity index (χ0n) is 18.3. The van der Waals surface area contributed by atoms with Crippen LogP contribution in [0.15, 0.2) is 43.2 Å². The molecule has 0 bridgehead atoms. The lowest BCUT2D eigenvalue weighted by atomic mass is 9.77. The SMILES string of the molecule is CC(F)(F)C1OCC2(c3cc(NC(=O)c4cnc(-n5cncn5)cn4)ccc3F)[NH+]=C(N)SCC12. The highest BCUT2D eigenvalue weighted by Crippen LogP contribution is 2.45. The average molecular weight is 506 g/mol. The molecule has 14 heteroatoms. The molecule has 0 saturated carbocycles. The molecule has 1 amide bonds. The second kappa shape index (κ2) is 8.61. The van der Waals surface area contributed by atoms with Gasteiger partial charge in [0, 0.05) is 23.9 Å². The fourth-order valence-corrected chi connectivity index (χ4v) is 5.44. The van der Waals surface area contributed by atoms with Crippen molar-refractivity contribution in [1.82, 2.24) is 24.7 Å². The van der Waals surface area contributed by atoms with Crippen LogP contribution < -0.4 is 16.0 Å². The Morgan fingerprint density at radius 2 is 2.20 bits per heavy atom. The Labute approximate surface area is 201 Å². The molecule has 2 aliphatic heterocycles. The number of hydrogen-bond donors (Lipinski definition) is 3. The minimum atomic E-state index is -3.14. The van der Waals surface area contributed by atoms with Gasteiger partial charge in [-0.15, -0.1) is 0 Å². The van der Waals surface area contributed by atoms with Crippen molar-refractivity contribution in [3.63, 3.8) is 0 Å². The Morgan fingerprint density at radius 3 is 2.89 bits per heavy atom. The van der Waals surface area contributed by atoms with Gasteiger partial charge >= 0.3 is 5.17 Å². The van der Waals surface area contributed by atoms with Crippen LogP contribution in [-0.4, -0.2) is 60.2 Å². The Kier molecular flexibility index (Phi) is 5.71. The fraction of sp³-hybridized carbons (Fsp3) is 0.333. The van der Waals surface area contributed by atoms with Crippen LogP contribution in [-0.2, 0) is 10.3 Å². The molecule has 3 atom stereocenters.